The third-order valence-electron chi connectivity index (χ3n) is 3.10. The second-order valence-corrected chi connectivity index (χ2v) is 4.30. The molecule has 16 heavy (non-hydrogen) atoms. The first kappa shape index (κ1) is 11.2. The molecule has 2 nitrogen and oxygen atoms in total. The molecule has 0 atom stereocenters. The lowest BCUT2D eigenvalue weighted by atomic mass is 10.0. The van der Waals surface area contributed by atoms with E-state index in [1.165, 1.54) is 34.9 Å². The Morgan fingerprint density at radius 2 is 2.06 bits per heavy atom. The molecule has 3 N–H and O–H groups in total. The summed E-state index contributed by atoms with van der Waals surface area (Å²) in [6.07, 6.45) is 6.72. The van der Waals surface area contributed by atoms with Crippen LogP contribution in [0.25, 0.3) is 10.9 Å². The molecule has 1 aromatic heterocycles. The number of nitrogens with two attached hydrogens (primary N) is 1. The number of H-pyrrole nitrogens is 1. The first-order valence-corrected chi connectivity index (χ1v) is 6.14. The fourth-order valence-electron chi connectivity index (χ4n) is 2.21. The summed E-state index contributed by atoms with van der Waals surface area (Å²) in [4.78, 5) is 3.39. The van der Waals surface area contributed by atoms with Crippen molar-refractivity contribution in [1.29, 1.82) is 0 Å². The number of para-hydroxylation sites is 1. The van der Waals surface area contributed by atoms with E-state index in [0.717, 1.165) is 12.8 Å². The van der Waals surface area contributed by atoms with Gasteiger partial charge in [0, 0.05) is 17.1 Å². The quantitative estimate of drug-likeness (QED) is 0.792. The van der Waals surface area contributed by atoms with Crippen molar-refractivity contribution in [2.24, 2.45) is 5.73 Å². The third-order valence-corrected chi connectivity index (χ3v) is 3.10. The van der Waals surface area contributed by atoms with Gasteiger partial charge in [-0.25, -0.2) is 0 Å². The van der Waals surface area contributed by atoms with E-state index < -0.39 is 0 Å². The molecule has 0 saturated heterocycles. The van der Waals surface area contributed by atoms with Crippen LogP contribution in [0.2, 0.25) is 0 Å². The van der Waals surface area contributed by atoms with Crippen molar-refractivity contribution < 1.29 is 0 Å². The molecule has 1 aromatic carbocycles. The van der Waals surface area contributed by atoms with Crippen LogP contribution in [0.4, 0.5) is 0 Å². The highest BCUT2D eigenvalue weighted by Crippen LogP contribution is 2.23. The van der Waals surface area contributed by atoms with Crippen LogP contribution in [0.15, 0.2) is 24.4 Å². The summed E-state index contributed by atoms with van der Waals surface area (Å²) in [5.41, 5.74) is 9.70. The van der Waals surface area contributed by atoms with E-state index in [-0.39, 0.29) is 0 Å². The minimum absolute atomic E-state index is 0.714. The second kappa shape index (κ2) is 5.17. The van der Waals surface area contributed by atoms with E-state index in [0.29, 0.717) is 6.54 Å². The molecule has 2 heteroatoms. The Kier molecular flexibility index (Phi) is 3.62. The molecule has 0 aliphatic rings. The van der Waals surface area contributed by atoms with Crippen molar-refractivity contribution in [2.45, 2.75) is 32.6 Å². The van der Waals surface area contributed by atoms with Crippen LogP contribution in [0.1, 0.15) is 30.9 Å². The van der Waals surface area contributed by atoms with Gasteiger partial charge in [0.05, 0.1) is 0 Å². The molecule has 1 heterocycles. The van der Waals surface area contributed by atoms with Gasteiger partial charge in [0.15, 0.2) is 0 Å². The van der Waals surface area contributed by atoms with Crippen LogP contribution in [0.5, 0.6) is 0 Å². The number of unbranched alkanes of at least 4 members (excludes halogenated alkanes) is 1. The SMILES string of the molecule is CCCCc1cccc2c(CCN)c[nH]c12. The van der Waals surface area contributed by atoms with Gasteiger partial charge in [0.25, 0.3) is 0 Å². The lowest BCUT2D eigenvalue weighted by Crippen LogP contribution is -2.01. The zero-order valence-electron chi connectivity index (χ0n) is 9.92. The molecule has 0 saturated carbocycles. The smallest absolute Gasteiger partial charge is 0.0489 e. The fraction of sp³-hybridized carbons (Fsp3) is 0.429. The van der Waals surface area contributed by atoms with Crippen molar-refractivity contribution >= 4 is 10.9 Å². The van der Waals surface area contributed by atoms with Crippen molar-refractivity contribution in [3.8, 4) is 0 Å². The van der Waals surface area contributed by atoms with Crippen LogP contribution in [0.3, 0.4) is 0 Å². The zero-order valence-corrected chi connectivity index (χ0v) is 9.92. The number of aromatic nitrogens is 1. The topological polar surface area (TPSA) is 41.8 Å². The van der Waals surface area contributed by atoms with Crippen molar-refractivity contribution in [2.75, 3.05) is 6.54 Å². The first-order valence-electron chi connectivity index (χ1n) is 6.14. The van der Waals surface area contributed by atoms with E-state index in [9.17, 15) is 0 Å². The number of aryl methyl sites for hydroxylation is 1. The van der Waals surface area contributed by atoms with Crippen LogP contribution in [-0.2, 0) is 12.8 Å². The summed E-state index contributed by atoms with van der Waals surface area (Å²) in [7, 11) is 0. The Labute approximate surface area is 96.9 Å². The van der Waals surface area contributed by atoms with Gasteiger partial charge in [-0.1, -0.05) is 31.5 Å². The average Bonchev–Trinajstić information content (AvgIpc) is 2.71. The van der Waals surface area contributed by atoms with E-state index in [1.54, 1.807) is 0 Å². The highest BCUT2D eigenvalue weighted by atomic mass is 14.7. The lowest BCUT2D eigenvalue weighted by Gasteiger charge is -2.02. The Bertz CT molecular complexity index is 457. The molecule has 0 unspecified atom stereocenters. The summed E-state index contributed by atoms with van der Waals surface area (Å²) in [5, 5.41) is 1.35. The van der Waals surface area contributed by atoms with Crippen LogP contribution in [-0.4, -0.2) is 11.5 Å². The summed E-state index contributed by atoms with van der Waals surface area (Å²) in [6.45, 7) is 2.95. The van der Waals surface area contributed by atoms with E-state index in [2.05, 4.69) is 36.3 Å². The number of nitrogens with one attached hydrogen (secondary N) is 1. The summed E-state index contributed by atoms with van der Waals surface area (Å²) in [6, 6.07) is 6.56. The van der Waals surface area contributed by atoms with Crippen LogP contribution < -0.4 is 5.73 Å². The van der Waals surface area contributed by atoms with Crippen LogP contribution >= 0.6 is 0 Å². The molecule has 2 aromatic rings. The molecule has 2 rings (SSSR count). The van der Waals surface area contributed by atoms with Crippen molar-refractivity contribution in [1.82, 2.24) is 4.98 Å². The summed E-state index contributed by atoms with van der Waals surface area (Å²) >= 11 is 0. The maximum absolute atomic E-state index is 5.62. The van der Waals surface area contributed by atoms with Gasteiger partial charge < -0.3 is 10.7 Å². The number of fused-ring (bicyclic) bond motifs is 1. The third kappa shape index (κ3) is 2.12. The lowest BCUT2D eigenvalue weighted by molar-refractivity contribution is 0.798. The largest absolute Gasteiger partial charge is 0.361 e. The molecule has 0 fully saturated rings. The molecular formula is C14H20N2. The standard InChI is InChI=1S/C14H20N2/c1-2-3-5-11-6-4-7-13-12(8-9-15)10-16-14(11)13/h4,6-7,10,16H,2-3,5,8-9,15H2,1H3. The molecule has 0 aliphatic heterocycles. The van der Waals surface area contributed by atoms with Gasteiger partial charge in [0.2, 0.25) is 0 Å². The summed E-state index contributed by atoms with van der Waals surface area (Å²) in [5.74, 6) is 0. The van der Waals surface area contributed by atoms with E-state index >= 15 is 0 Å². The van der Waals surface area contributed by atoms with Gasteiger partial charge in [-0.05, 0) is 36.9 Å². The van der Waals surface area contributed by atoms with Crippen LogP contribution in [0, 0.1) is 0 Å². The van der Waals surface area contributed by atoms with Gasteiger partial charge in [-0.15, -0.1) is 0 Å². The molecule has 0 amide bonds. The molecular weight excluding hydrogens is 196 g/mol. The molecule has 86 valence electrons. The van der Waals surface area contributed by atoms with Crippen molar-refractivity contribution in [3.05, 3.63) is 35.5 Å². The van der Waals surface area contributed by atoms with Gasteiger partial charge in [-0.2, -0.15) is 0 Å². The Morgan fingerprint density at radius 3 is 2.81 bits per heavy atom. The predicted octanol–water partition coefficient (Wildman–Crippen LogP) is 3.01. The minimum atomic E-state index is 0.714. The number of aromatic amines is 1. The normalized spacial score (nSPS) is 11.1. The second-order valence-electron chi connectivity index (χ2n) is 4.30. The number of hydrogen-bond acceptors (Lipinski definition) is 1. The number of benzene rings is 1. The van der Waals surface area contributed by atoms with E-state index in [1.807, 2.05) is 0 Å². The average molecular weight is 216 g/mol. The number of hydrogen-bond donors (Lipinski definition) is 2. The maximum Gasteiger partial charge on any atom is 0.0489 e. The van der Waals surface area contributed by atoms with Crippen molar-refractivity contribution in [3.63, 3.8) is 0 Å². The molecule has 0 radical (unpaired) electrons. The Balaban J connectivity index is 2.36. The number of rotatable bonds is 5. The minimum Gasteiger partial charge on any atom is -0.361 e. The van der Waals surface area contributed by atoms with Gasteiger partial charge in [0.1, 0.15) is 0 Å². The Hall–Kier alpha value is -1.28. The van der Waals surface area contributed by atoms with Gasteiger partial charge in [-0.3, -0.25) is 0 Å². The summed E-state index contributed by atoms with van der Waals surface area (Å²) < 4.78 is 0. The molecule has 0 bridgehead atoms. The zero-order chi connectivity index (χ0) is 11.4. The Morgan fingerprint density at radius 1 is 1.19 bits per heavy atom. The monoisotopic (exact) mass is 216 g/mol. The van der Waals surface area contributed by atoms with Gasteiger partial charge >= 0.3 is 0 Å². The first-order chi connectivity index (χ1) is 7.86. The fourth-order valence-corrected chi connectivity index (χ4v) is 2.21. The molecule has 0 spiro atoms. The molecule has 0 aliphatic carbocycles. The maximum atomic E-state index is 5.62. The van der Waals surface area contributed by atoms with E-state index in [4.69, 9.17) is 5.73 Å². The highest BCUT2D eigenvalue weighted by Gasteiger charge is 2.06. The highest BCUT2D eigenvalue weighted by molar-refractivity contribution is 5.86. The predicted molar refractivity (Wildman–Crippen MR) is 69.7 cm³/mol.